The van der Waals surface area contributed by atoms with Crippen LogP contribution in [0.5, 0.6) is 5.75 Å². The van der Waals surface area contributed by atoms with Gasteiger partial charge in [0.1, 0.15) is 10.6 Å². The van der Waals surface area contributed by atoms with Crippen LogP contribution in [0.25, 0.3) is 0 Å². The molecule has 0 unspecified atom stereocenters. The zero-order chi connectivity index (χ0) is 15.7. The molecule has 0 saturated heterocycles. The zero-order valence-electron chi connectivity index (χ0n) is 9.09. The maximum atomic E-state index is 12.6. The molecule has 20 heavy (non-hydrogen) atoms. The summed E-state index contributed by atoms with van der Waals surface area (Å²) < 4.78 is 88.0. The third-order valence-electron chi connectivity index (χ3n) is 1.90. The Balaban J connectivity index is 3.70. The van der Waals surface area contributed by atoms with Crippen molar-refractivity contribution in [3.8, 4) is 5.75 Å². The molecule has 0 radical (unpaired) electrons. The molecule has 1 aromatic rings. The lowest BCUT2D eigenvalue weighted by molar-refractivity contribution is -0.276. The van der Waals surface area contributed by atoms with Gasteiger partial charge in [0, 0.05) is 27.8 Å². The van der Waals surface area contributed by atoms with Crippen LogP contribution in [0.1, 0.15) is 17.7 Å². The van der Waals surface area contributed by atoms with E-state index < -0.39 is 38.2 Å². The molecular weight excluding hydrogens is 401 g/mol. The van der Waals surface area contributed by atoms with Crippen molar-refractivity contribution in [2.45, 2.75) is 23.0 Å². The average molecular weight is 405 g/mol. The Hall–Kier alpha value is -0.680. The van der Waals surface area contributed by atoms with E-state index in [4.69, 9.17) is 10.7 Å². The summed E-state index contributed by atoms with van der Waals surface area (Å²) in [6.45, 7) is 0. The second-order valence-electron chi connectivity index (χ2n) is 3.25. The molecule has 0 aliphatic heterocycles. The van der Waals surface area contributed by atoms with E-state index in [0.29, 0.717) is 6.20 Å². The molecule has 0 saturated carbocycles. The van der Waals surface area contributed by atoms with Gasteiger partial charge in [-0.05, 0) is 0 Å². The van der Waals surface area contributed by atoms with Crippen LogP contribution in [-0.4, -0.2) is 19.8 Å². The van der Waals surface area contributed by atoms with Crippen LogP contribution in [0.15, 0.2) is 11.1 Å². The quantitative estimate of drug-likeness (QED) is 0.436. The van der Waals surface area contributed by atoms with E-state index in [9.17, 15) is 30.4 Å². The first kappa shape index (κ1) is 17.4. The Morgan fingerprint density at radius 2 is 1.95 bits per heavy atom. The van der Waals surface area contributed by atoms with E-state index in [1.807, 2.05) is 0 Å². The SMILES string of the molecule is O=S(=O)(Cl)c1c(CBr)cnc(C(F)F)c1OC(F)(F)F. The Bertz CT molecular complexity index is 607. The normalized spacial score (nSPS) is 12.8. The lowest BCUT2D eigenvalue weighted by Crippen LogP contribution is -2.21. The molecule has 1 heterocycles. The molecule has 0 aromatic carbocycles. The first-order valence-corrected chi connectivity index (χ1v) is 7.96. The Kier molecular flexibility index (Phi) is 5.19. The van der Waals surface area contributed by atoms with E-state index in [2.05, 4.69) is 25.7 Å². The second-order valence-corrected chi connectivity index (χ2v) is 6.31. The van der Waals surface area contributed by atoms with Crippen LogP contribution in [0.3, 0.4) is 0 Å². The highest BCUT2D eigenvalue weighted by atomic mass is 79.9. The number of hydrogen-bond donors (Lipinski definition) is 0. The van der Waals surface area contributed by atoms with Gasteiger partial charge in [-0.1, -0.05) is 15.9 Å². The number of nitrogens with zero attached hydrogens (tertiary/aromatic N) is 1. The van der Waals surface area contributed by atoms with Crippen LogP contribution in [-0.2, 0) is 14.4 Å². The molecule has 4 nitrogen and oxygen atoms in total. The fraction of sp³-hybridized carbons (Fsp3) is 0.375. The van der Waals surface area contributed by atoms with Crippen molar-refractivity contribution >= 4 is 35.7 Å². The largest absolute Gasteiger partial charge is 0.573 e. The molecule has 0 spiro atoms. The van der Waals surface area contributed by atoms with E-state index in [1.54, 1.807) is 0 Å². The van der Waals surface area contributed by atoms with Crippen molar-refractivity contribution in [3.63, 3.8) is 0 Å². The van der Waals surface area contributed by atoms with Crippen molar-refractivity contribution in [1.29, 1.82) is 0 Å². The Morgan fingerprint density at radius 1 is 1.40 bits per heavy atom. The third-order valence-corrected chi connectivity index (χ3v) is 3.90. The van der Waals surface area contributed by atoms with Crippen LogP contribution < -0.4 is 4.74 Å². The fourth-order valence-corrected chi connectivity index (χ4v) is 3.18. The molecule has 0 fully saturated rings. The average Bonchev–Trinajstić information content (AvgIpc) is 2.23. The molecule has 1 aromatic heterocycles. The summed E-state index contributed by atoms with van der Waals surface area (Å²) in [5.41, 5.74) is -1.81. The first-order chi connectivity index (χ1) is 8.97. The molecule has 0 N–H and O–H groups in total. The van der Waals surface area contributed by atoms with Gasteiger partial charge in [-0.25, -0.2) is 17.2 Å². The predicted octanol–water partition coefficient (Wildman–Crippen LogP) is 3.74. The summed E-state index contributed by atoms with van der Waals surface area (Å²) in [4.78, 5) is 1.88. The minimum atomic E-state index is -5.38. The van der Waals surface area contributed by atoms with Gasteiger partial charge in [0.15, 0.2) is 5.75 Å². The fourth-order valence-electron chi connectivity index (χ4n) is 1.26. The van der Waals surface area contributed by atoms with Crippen molar-refractivity contribution in [3.05, 3.63) is 17.5 Å². The lowest BCUT2D eigenvalue weighted by Gasteiger charge is -2.16. The third kappa shape index (κ3) is 4.16. The topological polar surface area (TPSA) is 56.3 Å². The van der Waals surface area contributed by atoms with Gasteiger partial charge in [-0.2, -0.15) is 0 Å². The van der Waals surface area contributed by atoms with Gasteiger partial charge in [0.25, 0.3) is 15.5 Å². The standard InChI is InChI=1S/C8H4BrClF5NO3S/c9-1-3-2-16-4(7(11)12)5(19-8(13,14)15)6(3)20(10,17)18/h2,7H,1H2. The molecule has 114 valence electrons. The van der Waals surface area contributed by atoms with E-state index in [-0.39, 0.29) is 10.9 Å². The highest BCUT2D eigenvalue weighted by Gasteiger charge is 2.38. The van der Waals surface area contributed by atoms with Gasteiger partial charge >= 0.3 is 6.36 Å². The molecule has 12 heteroatoms. The summed E-state index contributed by atoms with van der Waals surface area (Å²) in [7, 11) is 0.224. The number of alkyl halides is 6. The van der Waals surface area contributed by atoms with E-state index in [1.165, 1.54) is 0 Å². The van der Waals surface area contributed by atoms with Crippen LogP contribution in [0, 0.1) is 0 Å². The van der Waals surface area contributed by atoms with Gasteiger partial charge in [-0.15, -0.1) is 13.2 Å². The van der Waals surface area contributed by atoms with Gasteiger partial charge in [0.05, 0.1) is 0 Å². The van der Waals surface area contributed by atoms with E-state index in [0.717, 1.165) is 0 Å². The number of hydrogen-bond acceptors (Lipinski definition) is 4. The Labute approximate surface area is 122 Å². The number of pyridine rings is 1. The van der Waals surface area contributed by atoms with Crippen molar-refractivity contribution < 1.29 is 35.1 Å². The second kappa shape index (κ2) is 5.98. The predicted molar refractivity (Wildman–Crippen MR) is 61.5 cm³/mol. The summed E-state index contributed by atoms with van der Waals surface area (Å²) in [5, 5.41) is -0.279. The molecule has 0 atom stereocenters. The van der Waals surface area contributed by atoms with Crippen LogP contribution in [0.4, 0.5) is 22.0 Å². The maximum Gasteiger partial charge on any atom is 0.573 e. The van der Waals surface area contributed by atoms with E-state index >= 15 is 0 Å². The number of ether oxygens (including phenoxy) is 1. The molecule has 1 rings (SSSR count). The minimum absolute atomic E-state index is 0.279. The molecular formula is C8H4BrClF5NO3S. The lowest BCUT2D eigenvalue weighted by atomic mass is 10.2. The summed E-state index contributed by atoms with van der Waals surface area (Å²) >= 11 is 2.79. The number of halogens is 7. The van der Waals surface area contributed by atoms with Crippen LogP contribution in [0.2, 0.25) is 0 Å². The summed E-state index contributed by atoms with van der Waals surface area (Å²) in [6.07, 6.45) is -8.18. The van der Waals surface area contributed by atoms with Gasteiger partial charge in [-0.3, -0.25) is 4.98 Å². The number of aromatic nitrogens is 1. The van der Waals surface area contributed by atoms with Crippen LogP contribution >= 0.6 is 26.6 Å². The monoisotopic (exact) mass is 403 g/mol. The smallest absolute Gasteiger partial charge is 0.402 e. The minimum Gasteiger partial charge on any atom is -0.402 e. The Morgan fingerprint density at radius 3 is 2.30 bits per heavy atom. The van der Waals surface area contributed by atoms with Gasteiger partial charge < -0.3 is 4.74 Å². The van der Waals surface area contributed by atoms with Crippen molar-refractivity contribution in [2.75, 3.05) is 0 Å². The molecule has 0 bridgehead atoms. The first-order valence-electron chi connectivity index (χ1n) is 4.53. The van der Waals surface area contributed by atoms with Gasteiger partial charge in [0.2, 0.25) is 0 Å². The molecule has 0 aliphatic carbocycles. The molecule has 0 aliphatic rings. The molecule has 0 amide bonds. The van der Waals surface area contributed by atoms with Crippen molar-refractivity contribution in [2.24, 2.45) is 0 Å². The maximum absolute atomic E-state index is 12.6. The van der Waals surface area contributed by atoms with Crippen molar-refractivity contribution in [1.82, 2.24) is 4.98 Å². The highest BCUT2D eigenvalue weighted by molar-refractivity contribution is 9.08. The summed E-state index contributed by atoms with van der Waals surface area (Å²) in [6, 6.07) is 0. The number of rotatable bonds is 4. The highest BCUT2D eigenvalue weighted by Crippen LogP contribution is 2.40. The zero-order valence-corrected chi connectivity index (χ0v) is 12.2. The summed E-state index contributed by atoms with van der Waals surface area (Å²) in [5.74, 6) is -1.63.